The van der Waals surface area contributed by atoms with E-state index in [1.807, 2.05) is 62.4 Å². The van der Waals surface area contributed by atoms with Crippen molar-refractivity contribution in [2.24, 2.45) is 0 Å². The Kier molecular flexibility index (Phi) is 8.09. The molecule has 0 saturated carbocycles. The molecule has 4 aromatic rings. The number of aromatic nitrogens is 3. The van der Waals surface area contributed by atoms with Crippen LogP contribution in [-0.2, 0) is 17.6 Å². The minimum atomic E-state index is -4.56. The predicted molar refractivity (Wildman–Crippen MR) is 137 cm³/mol. The number of alkyl halides is 3. The Balaban J connectivity index is 1.51. The zero-order chi connectivity index (χ0) is 26.6. The quantitative estimate of drug-likeness (QED) is 0.244. The van der Waals surface area contributed by atoms with E-state index in [1.165, 1.54) is 0 Å². The van der Waals surface area contributed by atoms with Crippen molar-refractivity contribution in [3.05, 3.63) is 94.3 Å². The lowest BCUT2D eigenvalue weighted by Crippen LogP contribution is -2.16. The van der Waals surface area contributed by atoms with Crippen molar-refractivity contribution in [2.75, 3.05) is 11.1 Å². The number of hydrogen-bond donors (Lipinski definition) is 1. The van der Waals surface area contributed by atoms with E-state index in [4.69, 9.17) is 16.3 Å². The maximum absolute atomic E-state index is 13.0. The number of thioether (sulfide) groups is 1. The number of hydrogen-bond acceptors (Lipinski definition) is 5. The van der Waals surface area contributed by atoms with Crippen molar-refractivity contribution < 1.29 is 22.7 Å². The molecule has 0 saturated heterocycles. The molecule has 0 aliphatic heterocycles. The zero-order valence-electron chi connectivity index (χ0n) is 19.8. The summed E-state index contributed by atoms with van der Waals surface area (Å²) in [7, 11) is 0. The summed E-state index contributed by atoms with van der Waals surface area (Å²) in [6.07, 6.45) is -4.56. The molecule has 4 rings (SSSR count). The number of benzene rings is 3. The molecule has 0 atom stereocenters. The van der Waals surface area contributed by atoms with Gasteiger partial charge in [-0.3, -0.25) is 9.36 Å². The lowest BCUT2D eigenvalue weighted by atomic mass is 10.2. The Morgan fingerprint density at radius 2 is 1.65 bits per heavy atom. The molecule has 11 heteroatoms. The van der Waals surface area contributed by atoms with Crippen molar-refractivity contribution in [3.8, 4) is 11.4 Å². The van der Waals surface area contributed by atoms with Gasteiger partial charge in [0.1, 0.15) is 12.4 Å². The van der Waals surface area contributed by atoms with Gasteiger partial charge in [0.25, 0.3) is 0 Å². The van der Waals surface area contributed by atoms with E-state index in [1.54, 1.807) is 4.57 Å². The lowest BCUT2D eigenvalue weighted by Gasteiger charge is -2.13. The van der Waals surface area contributed by atoms with Gasteiger partial charge in [-0.2, -0.15) is 13.2 Å². The maximum atomic E-state index is 13.0. The summed E-state index contributed by atoms with van der Waals surface area (Å²) >= 11 is 7.08. The second-order valence-electron chi connectivity index (χ2n) is 8.20. The second kappa shape index (κ2) is 11.3. The number of halogens is 4. The molecule has 0 unspecified atom stereocenters. The smallest absolute Gasteiger partial charge is 0.416 e. The van der Waals surface area contributed by atoms with Crippen molar-refractivity contribution in [1.29, 1.82) is 0 Å². The summed E-state index contributed by atoms with van der Waals surface area (Å²) in [4.78, 5) is 12.6. The molecular formula is C26H22ClF3N4O2S. The van der Waals surface area contributed by atoms with Crippen LogP contribution in [0.1, 0.15) is 22.5 Å². The van der Waals surface area contributed by atoms with Gasteiger partial charge in [-0.1, -0.05) is 58.8 Å². The molecule has 1 aromatic heterocycles. The molecular weight excluding hydrogens is 525 g/mol. The highest BCUT2D eigenvalue weighted by Gasteiger charge is 2.31. The summed E-state index contributed by atoms with van der Waals surface area (Å²) in [5, 5.41) is 11.4. The molecule has 3 aromatic carbocycles. The number of nitrogens with zero attached hydrogens (tertiary/aromatic N) is 3. The zero-order valence-corrected chi connectivity index (χ0v) is 21.4. The molecule has 1 N–H and O–H groups in total. The topological polar surface area (TPSA) is 69.0 Å². The van der Waals surface area contributed by atoms with Crippen LogP contribution in [-0.4, -0.2) is 26.4 Å². The van der Waals surface area contributed by atoms with Gasteiger partial charge in [0.2, 0.25) is 5.91 Å². The Hall–Kier alpha value is -3.50. The summed E-state index contributed by atoms with van der Waals surface area (Å²) in [5.74, 6) is 0.529. The number of anilines is 1. The number of rotatable bonds is 8. The first-order valence-corrected chi connectivity index (χ1v) is 12.5. The van der Waals surface area contributed by atoms with E-state index in [-0.39, 0.29) is 23.1 Å². The monoisotopic (exact) mass is 546 g/mol. The van der Waals surface area contributed by atoms with Crippen molar-refractivity contribution in [2.45, 2.75) is 31.8 Å². The highest BCUT2D eigenvalue weighted by Crippen LogP contribution is 2.34. The number of ether oxygens (including phenoxy) is 1. The van der Waals surface area contributed by atoms with Gasteiger partial charge in [0.15, 0.2) is 11.0 Å². The minimum absolute atomic E-state index is 0.00436. The van der Waals surface area contributed by atoms with Gasteiger partial charge < -0.3 is 10.1 Å². The van der Waals surface area contributed by atoms with E-state index in [9.17, 15) is 18.0 Å². The van der Waals surface area contributed by atoms with Gasteiger partial charge >= 0.3 is 6.18 Å². The molecule has 0 aliphatic carbocycles. The van der Waals surface area contributed by atoms with Crippen LogP contribution in [0.25, 0.3) is 5.69 Å². The first kappa shape index (κ1) is 26.6. The molecule has 37 heavy (non-hydrogen) atoms. The molecule has 0 spiro atoms. The van der Waals surface area contributed by atoms with Gasteiger partial charge in [-0.05, 0) is 56.3 Å². The fraction of sp³-hybridized carbons (Fsp3) is 0.192. The van der Waals surface area contributed by atoms with Crippen LogP contribution in [0, 0.1) is 13.8 Å². The molecule has 192 valence electrons. The maximum Gasteiger partial charge on any atom is 0.416 e. The lowest BCUT2D eigenvalue weighted by molar-refractivity contribution is -0.137. The van der Waals surface area contributed by atoms with Crippen molar-refractivity contribution in [1.82, 2.24) is 14.8 Å². The molecule has 0 aliphatic rings. The Morgan fingerprint density at radius 1 is 1.00 bits per heavy atom. The van der Waals surface area contributed by atoms with Crippen LogP contribution < -0.4 is 10.1 Å². The Morgan fingerprint density at radius 3 is 2.30 bits per heavy atom. The van der Waals surface area contributed by atoms with Crippen LogP contribution in [0.15, 0.2) is 71.9 Å². The molecule has 1 amide bonds. The first-order valence-electron chi connectivity index (χ1n) is 11.1. The molecule has 0 radical (unpaired) electrons. The largest absolute Gasteiger partial charge is 0.486 e. The number of aryl methyl sites for hydroxylation is 2. The third-order valence-electron chi connectivity index (χ3n) is 5.28. The predicted octanol–water partition coefficient (Wildman–Crippen LogP) is 6.87. The summed E-state index contributed by atoms with van der Waals surface area (Å²) in [5.41, 5.74) is 1.94. The number of nitrogens with one attached hydrogen (secondary N) is 1. The first-order chi connectivity index (χ1) is 17.6. The van der Waals surface area contributed by atoms with Crippen LogP contribution >= 0.6 is 23.4 Å². The second-order valence-corrected chi connectivity index (χ2v) is 9.55. The summed E-state index contributed by atoms with van der Waals surface area (Å²) in [6, 6.07) is 18.1. The van der Waals surface area contributed by atoms with E-state index >= 15 is 0 Å². The highest BCUT2D eigenvalue weighted by atomic mass is 35.5. The van der Waals surface area contributed by atoms with Crippen LogP contribution in [0.5, 0.6) is 5.75 Å². The molecule has 0 bridgehead atoms. The third kappa shape index (κ3) is 6.84. The number of carbonyl (C=O) groups is 1. The average Bonchev–Trinajstić information content (AvgIpc) is 3.26. The van der Waals surface area contributed by atoms with Gasteiger partial charge in [0.05, 0.1) is 22.0 Å². The highest BCUT2D eigenvalue weighted by molar-refractivity contribution is 7.99. The van der Waals surface area contributed by atoms with Gasteiger partial charge in [-0.25, -0.2) is 0 Å². The van der Waals surface area contributed by atoms with Gasteiger partial charge in [-0.15, -0.1) is 10.2 Å². The summed E-state index contributed by atoms with van der Waals surface area (Å²) < 4.78 is 46.8. The van der Waals surface area contributed by atoms with Crippen LogP contribution in [0.3, 0.4) is 0 Å². The molecule has 6 nitrogen and oxygen atoms in total. The number of carbonyl (C=O) groups excluding carboxylic acids is 1. The average molecular weight is 547 g/mol. The Labute approximate surface area is 220 Å². The van der Waals surface area contributed by atoms with E-state index < -0.39 is 17.6 Å². The fourth-order valence-corrected chi connectivity index (χ4v) is 4.27. The van der Waals surface area contributed by atoms with Crippen molar-refractivity contribution in [3.63, 3.8) is 0 Å². The fourth-order valence-electron chi connectivity index (χ4n) is 3.34. The minimum Gasteiger partial charge on any atom is -0.486 e. The van der Waals surface area contributed by atoms with E-state index in [0.717, 1.165) is 46.8 Å². The van der Waals surface area contributed by atoms with E-state index in [2.05, 4.69) is 15.5 Å². The van der Waals surface area contributed by atoms with Crippen LogP contribution in [0.4, 0.5) is 18.9 Å². The van der Waals surface area contributed by atoms with Crippen LogP contribution in [0.2, 0.25) is 5.02 Å². The SMILES string of the molecule is Cc1ccc(OCc2nnc(SCC(=O)Nc3cc(C(F)(F)F)ccc3Cl)n2-c2ccc(C)cc2)cc1. The Bertz CT molecular complexity index is 1390. The molecule has 0 fully saturated rings. The normalized spacial score (nSPS) is 11.4. The summed E-state index contributed by atoms with van der Waals surface area (Å²) in [6.45, 7) is 4.09. The molecule has 1 heterocycles. The van der Waals surface area contributed by atoms with E-state index in [0.29, 0.717) is 16.7 Å². The van der Waals surface area contributed by atoms with Gasteiger partial charge in [0, 0.05) is 5.69 Å². The standard InChI is InChI=1S/C26H22ClF3N4O2S/c1-16-3-8-19(9-4-16)34-23(14-36-20-10-5-17(2)6-11-20)32-33-25(34)37-15-24(35)31-22-13-18(26(28,29)30)7-12-21(22)27/h3-13H,14-15H2,1-2H3,(H,31,35). The van der Waals surface area contributed by atoms with Crippen molar-refractivity contribution >= 4 is 35.0 Å². The number of amides is 1. The third-order valence-corrected chi connectivity index (χ3v) is 6.54.